The molecule has 4 rings (SSSR count). The molecule has 10 heteroatoms. The van der Waals surface area contributed by atoms with Crippen molar-refractivity contribution in [3.63, 3.8) is 0 Å². The zero-order valence-electron chi connectivity index (χ0n) is 18.0. The average Bonchev–Trinajstić information content (AvgIpc) is 2.81. The smallest absolute Gasteiger partial charge is 0.264 e. The molecule has 2 aromatic carbocycles. The number of rotatable bonds is 6. The van der Waals surface area contributed by atoms with Gasteiger partial charge in [-0.25, -0.2) is 17.8 Å². The lowest BCUT2D eigenvalue weighted by Gasteiger charge is -2.32. The third kappa shape index (κ3) is 5.28. The molecule has 0 spiro atoms. The molecule has 2 heterocycles. The van der Waals surface area contributed by atoms with E-state index in [-0.39, 0.29) is 17.5 Å². The molecule has 1 aliphatic heterocycles. The summed E-state index contributed by atoms with van der Waals surface area (Å²) < 4.78 is 42.5. The van der Waals surface area contributed by atoms with E-state index in [1.54, 1.807) is 55.8 Å². The van der Waals surface area contributed by atoms with Gasteiger partial charge in [-0.2, -0.15) is 0 Å². The number of sulfonamides is 1. The zero-order valence-corrected chi connectivity index (χ0v) is 18.8. The Balaban J connectivity index is 1.46. The number of hydrogen-bond donors (Lipinski definition) is 2. The minimum Gasteiger partial charge on any atom is -0.355 e. The highest BCUT2D eigenvalue weighted by Crippen LogP contribution is 2.28. The quantitative estimate of drug-likeness (QED) is 0.572. The Morgan fingerprint density at radius 3 is 2.52 bits per heavy atom. The number of carbonyl (C=O) groups is 1. The number of hydrogen-bond acceptors (Lipinski definition) is 6. The van der Waals surface area contributed by atoms with Gasteiger partial charge in [0.2, 0.25) is 5.91 Å². The first-order valence-electron chi connectivity index (χ1n) is 10.5. The summed E-state index contributed by atoms with van der Waals surface area (Å²) in [5.74, 6) is -0.578. The molecule has 1 aliphatic rings. The van der Waals surface area contributed by atoms with E-state index in [0.717, 1.165) is 11.9 Å². The fraction of sp³-hybridized carbons (Fsp3) is 0.261. The second-order valence-electron chi connectivity index (χ2n) is 7.88. The molecule has 0 radical (unpaired) electrons. The summed E-state index contributed by atoms with van der Waals surface area (Å²) in [6.45, 7) is 2.93. The Morgan fingerprint density at radius 2 is 1.85 bits per heavy atom. The monoisotopic (exact) mass is 469 g/mol. The highest BCUT2D eigenvalue weighted by molar-refractivity contribution is 7.92. The normalized spacial score (nSPS) is 14.7. The van der Waals surface area contributed by atoms with Crippen molar-refractivity contribution < 1.29 is 17.6 Å². The standard InChI is InChI=1S/C23H24FN5O3S/c1-16-13-19(24)21(33(31,32)28-18-5-3-2-4-6-18)14-20(16)27-23(30)17-7-11-29(12-8-17)22-15-25-9-10-26-22/h2-6,9-10,13-15,17,28H,7-8,11-12H2,1H3,(H,27,30). The molecular weight excluding hydrogens is 445 g/mol. The SMILES string of the molecule is Cc1cc(F)c(S(=O)(=O)Nc2ccccc2)cc1NC(=O)C1CCN(c2cnccn2)CC1. The molecule has 0 aliphatic carbocycles. The van der Waals surface area contributed by atoms with Crippen molar-refractivity contribution in [2.75, 3.05) is 28.0 Å². The summed E-state index contributed by atoms with van der Waals surface area (Å²) in [5.41, 5.74) is 1.03. The van der Waals surface area contributed by atoms with Crippen molar-refractivity contribution in [3.8, 4) is 0 Å². The van der Waals surface area contributed by atoms with Gasteiger partial charge in [-0.05, 0) is 49.6 Å². The molecule has 0 atom stereocenters. The number of amides is 1. The molecule has 8 nitrogen and oxygen atoms in total. The lowest BCUT2D eigenvalue weighted by atomic mass is 9.95. The first kappa shape index (κ1) is 22.7. The molecule has 0 bridgehead atoms. The predicted octanol–water partition coefficient (Wildman–Crippen LogP) is 3.58. The topological polar surface area (TPSA) is 104 Å². The van der Waals surface area contributed by atoms with E-state index in [2.05, 4.69) is 24.9 Å². The average molecular weight is 470 g/mol. The molecule has 33 heavy (non-hydrogen) atoms. The molecule has 1 fully saturated rings. The fourth-order valence-electron chi connectivity index (χ4n) is 3.77. The number of nitrogens with zero attached hydrogens (tertiary/aromatic N) is 3. The molecule has 1 saturated heterocycles. The van der Waals surface area contributed by atoms with Crippen LogP contribution in [0.15, 0.2) is 66.0 Å². The van der Waals surface area contributed by atoms with Gasteiger partial charge in [0.25, 0.3) is 10.0 Å². The van der Waals surface area contributed by atoms with Gasteiger partial charge in [-0.3, -0.25) is 14.5 Å². The van der Waals surface area contributed by atoms with E-state index < -0.39 is 20.7 Å². The van der Waals surface area contributed by atoms with Gasteiger partial charge in [0.1, 0.15) is 16.5 Å². The van der Waals surface area contributed by atoms with Crippen molar-refractivity contribution in [2.45, 2.75) is 24.7 Å². The summed E-state index contributed by atoms with van der Waals surface area (Å²) in [7, 11) is -4.18. The molecule has 1 aromatic heterocycles. The van der Waals surface area contributed by atoms with Crippen LogP contribution in [0.25, 0.3) is 0 Å². The number of carbonyl (C=O) groups excluding carboxylic acids is 1. The number of aromatic nitrogens is 2. The number of anilines is 3. The minimum absolute atomic E-state index is 0.220. The highest BCUT2D eigenvalue weighted by atomic mass is 32.2. The van der Waals surface area contributed by atoms with E-state index >= 15 is 0 Å². The molecular formula is C23H24FN5O3S. The van der Waals surface area contributed by atoms with E-state index in [1.807, 2.05) is 0 Å². The van der Waals surface area contributed by atoms with Crippen LogP contribution in [0.1, 0.15) is 18.4 Å². The van der Waals surface area contributed by atoms with Gasteiger partial charge in [0.05, 0.1) is 6.20 Å². The highest BCUT2D eigenvalue weighted by Gasteiger charge is 2.27. The summed E-state index contributed by atoms with van der Waals surface area (Å²) >= 11 is 0. The molecule has 1 amide bonds. The maximum Gasteiger partial charge on any atom is 0.264 e. The first-order valence-corrected chi connectivity index (χ1v) is 12.0. The van der Waals surface area contributed by atoms with Crippen LogP contribution in [-0.2, 0) is 14.8 Å². The number of benzene rings is 2. The van der Waals surface area contributed by atoms with Crippen LogP contribution in [0.5, 0.6) is 0 Å². The third-order valence-electron chi connectivity index (χ3n) is 5.59. The van der Waals surface area contributed by atoms with Crippen molar-refractivity contribution in [1.82, 2.24) is 9.97 Å². The summed E-state index contributed by atoms with van der Waals surface area (Å²) in [5, 5.41) is 2.79. The van der Waals surface area contributed by atoms with Gasteiger partial charge in [0, 0.05) is 42.8 Å². The Kier molecular flexibility index (Phi) is 6.55. The van der Waals surface area contributed by atoms with Gasteiger partial charge in [0.15, 0.2) is 0 Å². The van der Waals surface area contributed by atoms with Crippen molar-refractivity contribution in [2.24, 2.45) is 5.92 Å². The van der Waals surface area contributed by atoms with Crippen LogP contribution < -0.4 is 14.9 Å². The van der Waals surface area contributed by atoms with Gasteiger partial charge >= 0.3 is 0 Å². The number of nitrogens with one attached hydrogen (secondary N) is 2. The molecule has 3 aromatic rings. The molecule has 2 N–H and O–H groups in total. The molecule has 172 valence electrons. The fourth-order valence-corrected chi connectivity index (χ4v) is 4.91. The zero-order chi connectivity index (χ0) is 23.4. The third-order valence-corrected chi connectivity index (χ3v) is 6.99. The van der Waals surface area contributed by atoms with Crippen molar-refractivity contribution >= 4 is 33.1 Å². The number of aryl methyl sites for hydroxylation is 1. The maximum absolute atomic E-state index is 14.6. The van der Waals surface area contributed by atoms with Crippen LogP contribution in [0.4, 0.5) is 21.6 Å². The Hall–Kier alpha value is -3.53. The number of piperidine rings is 1. The van der Waals surface area contributed by atoms with Crippen molar-refractivity contribution in [1.29, 1.82) is 0 Å². The Labute approximate surface area is 191 Å². The summed E-state index contributed by atoms with van der Waals surface area (Å²) in [6.07, 6.45) is 6.16. The van der Waals surface area contributed by atoms with Crippen LogP contribution in [-0.4, -0.2) is 37.4 Å². The largest absolute Gasteiger partial charge is 0.355 e. The van der Waals surface area contributed by atoms with E-state index in [4.69, 9.17) is 0 Å². The van der Waals surface area contributed by atoms with Crippen LogP contribution >= 0.6 is 0 Å². The second-order valence-corrected chi connectivity index (χ2v) is 9.53. The number of para-hydroxylation sites is 1. The van der Waals surface area contributed by atoms with Crippen LogP contribution in [0.3, 0.4) is 0 Å². The second kappa shape index (κ2) is 9.53. The van der Waals surface area contributed by atoms with Crippen LogP contribution in [0, 0.1) is 18.7 Å². The van der Waals surface area contributed by atoms with Crippen LogP contribution in [0.2, 0.25) is 0 Å². The minimum atomic E-state index is -4.18. The summed E-state index contributed by atoms with van der Waals surface area (Å²) in [4.78, 5) is 22.8. The van der Waals surface area contributed by atoms with E-state index in [0.29, 0.717) is 37.2 Å². The lowest BCUT2D eigenvalue weighted by Crippen LogP contribution is -2.38. The van der Waals surface area contributed by atoms with Gasteiger partial charge < -0.3 is 10.2 Å². The van der Waals surface area contributed by atoms with Crippen molar-refractivity contribution in [3.05, 3.63) is 72.4 Å². The Bertz CT molecular complexity index is 1230. The van der Waals surface area contributed by atoms with E-state index in [1.165, 1.54) is 6.07 Å². The molecule has 0 saturated carbocycles. The number of halogens is 1. The summed E-state index contributed by atoms with van der Waals surface area (Å²) in [6, 6.07) is 10.5. The molecule has 0 unspecified atom stereocenters. The predicted molar refractivity (Wildman–Crippen MR) is 124 cm³/mol. The van der Waals surface area contributed by atoms with Gasteiger partial charge in [-0.1, -0.05) is 18.2 Å². The van der Waals surface area contributed by atoms with E-state index in [9.17, 15) is 17.6 Å². The Morgan fingerprint density at radius 1 is 1.12 bits per heavy atom. The van der Waals surface area contributed by atoms with Gasteiger partial charge in [-0.15, -0.1) is 0 Å². The lowest BCUT2D eigenvalue weighted by molar-refractivity contribution is -0.120. The maximum atomic E-state index is 14.6. The first-order chi connectivity index (χ1) is 15.8.